The first-order valence-corrected chi connectivity index (χ1v) is 5.25. The van der Waals surface area contributed by atoms with Crippen LogP contribution in [0.15, 0.2) is 30.5 Å². The summed E-state index contributed by atoms with van der Waals surface area (Å²) in [6.07, 6.45) is 1.98. The standard InChI is InChI=1S/C12H14N2O2/c1-9(7-14(15)16)11-8-13(2)12-6-4-3-5-10(11)12/h3-6,8-9H,7H2,1-2H3. The van der Waals surface area contributed by atoms with E-state index >= 15 is 0 Å². The summed E-state index contributed by atoms with van der Waals surface area (Å²) in [7, 11) is 1.96. The fourth-order valence-electron chi connectivity index (χ4n) is 2.09. The Bertz CT molecular complexity index is 531. The Balaban J connectivity index is 2.48. The molecule has 4 nitrogen and oxygen atoms in total. The summed E-state index contributed by atoms with van der Waals surface area (Å²) >= 11 is 0. The minimum atomic E-state index is -0.258. The minimum absolute atomic E-state index is 0.0198. The molecule has 0 aliphatic carbocycles. The van der Waals surface area contributed by atoms with E-state index in [9.17, 15) is 10.1 Å². The maximum atomic E-state index is 10.5. The number of hydrogen-bond donors (Lipinski definition) is 0. The maximum Gasteiger partial charge on any atom is 0.210 e. The third kappa shape index (κ3) is 1.78. The predicted octanol–water partition coefficient (Wildman–Crippen LogP) is 2.56. The lowest BCUT2D eigenvalue weighted by molar-refractivity contribution is -0.482. The van der Waals surface area contributed by atoms with Crippen LogP contribution in [0, 0.1) is 10.1 Å². The molecule has 2 aromatic rings. The van der Waals surface area contributed by atoms with Crippen molar-refractivity contribution in [2.75, 3.05) is 6.54 Å². The average Bonchev–Trinajstić information content (AvgIpc) is 2.56. The molecular weight excluding hydrogens is 204 g/mol. The molecule has 0 bridgehead atoms. The van der Waals surface area contributed by atoms with Crippen LogP contribution in [0.25, 0.3) is 10.9 Å². The van der Waals surface area contributed by atoms with Crippen molar-refractivity contribution in [1.82, 2.24) is 4.57 Å². The molecule has 1 aromatic carbocycles. The monoisotopic (exact) mass is 218 g/mol. The zero-order valence-electron chi connectivity index (χ0n) is 9.38. The van der Waals surface area contributed by atoms with Crippen LogP contribution in [-0.4, -0.2) is 16.0 Å². The summed E-state index contributed by atoms with van der Waals surface area (Å²) in [6, 6.07) is 7.98. The third-order valence-corrected chi connectivity index (χ3v) is 2.88. The Hall–Kier alpha value is -1.84. The molecule has 0 saturated heterocycles. The van der Waals surface area contributed by atoms with E-state index in [0.29, 0.717) is 0 Å². The van der Waals surface area contributed by atoms with Crippen LogP contribution in [0.1, 0.15) is 18.4 Å². The number of para-hydroxylation sites is 1. The molecule has 0 radical (unpaired) electrons. The van der Waals surface area contributed by atoms with E-state index in [1.165, 1.54) is 0 Å². The zero-order valence-corrected chi connectivity index (χ0v) is 9.38. The number of fused-ring (bicyclic) bond motifs is 1. The van der Waals surface area contributed by atoms with Crippen LogP contribution in [-0.2, 0) is 7.05 Å². The van der Waals surface area contributed by atoms with Crippen molar-refractivity contribution in [2.24, 2.45) is 7.05 Å². The number of rotatable bonds is 3. The molecule has 1 aromatic heterocycles. The topological polar surface area (TPSA) is 48.1 Å². The Labute approximate surface area is 93.6 Å². The highest BCUT2D eigenvalue weighted by molar-refractivity contribution is 5.84. The van der Waals surface area contributed by atoms with E-state index in [0.717, 1.165) is 16.5 Å². The smallest absolute Gasteiger partial charge is 0.210 e. The molecule has 0 spiro atoms. The van der Waals surface area contributed by atoms with Gasteiger partial charge in [0.15, 0.2) is 0 Å². The van der Waals surface area contributed by atoms with Crippen molar-refractivity contribution in [3.05, 3.63) is 46.1 Å². The van der Waals surface area contributed by atoms with Crippen LogP contribution in [0.3, 0.4) is 0 Å². The fourth-order valence-corrected chi connectivity index (χ4v) is 2.09. The van der Waals surface area contributed by atoms with Crippen molar-refractivity contribution < 1.29 is 4.92 Å². The number of hydrogen-bond acceptors (Lipinski definition) is 2. The quantitative estimate of drug-likeness (QED) is 0.587. The molecule has 84 valence electrons. The van der Waals surface area contributed by atoms with Gasteiger partial charge in [0.1, 0.15) is 0 Å². The summed E-state index contributed by atoms with van der Waals surface area (Å²) in [4.78, 5) is 10.3. The molecule has 0 N–H and O–H groups in total. The third-order valence-electron chi connectivity index (χ3n) is 2.88. The predicted molar refractivity (Wildman–Crippen MR) is 63.2 cm³/mol. The van der Waals surface area contributed by atoms with Gasteiger partial charge in [0.05, 0.1) is 0 Å². The Morgan fingerprint density at radius 2 is 2.12 bits per heavy atom. The summed E-state index contributed by atoms with van der Waals surface area (Å²) < 4.78 is 2.01. The molecule has 0 amide bonds. The Kier molecular flexibility index (Phi) is 2.64. The highest BCUT2D eigenvalue weighted by Gasteiger charge is 2.16. The van der Waals surface area contributed by atoms with Crippen molar-refractivity contribution in [3.63, 3.8) is 0 Å². The molecular formula is C12H14N2O2. The normalized spacial score (nSPS) is 12.9. The molecule has 0 fully saturated rings. The Morgan fingerprint density at radius 3 is 2.81 bits per heavy atom. The molecule has 2 rings (SSSR count). The number of aromatic nitrogens is 1. The lowest BCUT2D eigenvalue weighted by atomic mass is 10.0. The second-order valence-corrected chi connectivity index (χ2v) is 4.13. The van der Waals surface area contributed by atoms with Gasteiger partial charge in [-0.2, -0.15) is 0 Å². The van der Waals surface area contributed by atoms with E-state index in [4.69, 9.17) is 0 Å². The van der Waals surface area contributed by atoms with Gasteiger partial charge in [-0.25, -0.2) is 0 Å². The summed E-state index contributed by atoms with van der Waals surface area (Å²) in [5, 5.41) is 11.6. The first-order chi connectivity index (χ1) is 7.59. The highest BCUT2D eigenvalue weighted by Crippen LogP contribution is 2.26. The second kappa shape index (κ2) is 3.96. The number of nitro groups is 1. The SMILES string of the molecule is CC(C[N+](=O)[O-])c1cn(C)c2ccccc12. The zero-order chi connectivity index (χ0) is 11.7. The van der Waals surface area contributed by atoms with E-state index in [1.54, 1.807) is 0 Å². The fraction of sp³-hybridized carbons (Fsp3) is 0.333. The van der Waals surface area contributed by atoms with Gasteiger partial charge in [0, 0.05) is 35.0 Å². The van der Waals surface area contributed by atoms with Gasteiger partial charge in [-0.3, -0.25) is 10.1 Å². The van der Waals surface area contributed by atoms with E-state index in [-0.39, 0.29) is 17.4 Å². The molecule has 0 aliphatic heterocycles. The van der Waals surface area contributed by atoms with Crippen LogP contribution in [0.2, 0.25) is 0 Å². The van der Waals surface area contributed by atoms with Crippen LogP contribution in [0.5, 0.6) is 0 Å². The van der Waals surface area contributed by atoms with Gasteiger partial charge in [0.25, 0.3) is 0 Å². The molecule has 1 unspecified atom stereocenters. The van der Waals surface area contributed by atoms with Gasteiger partial charge in [-0.1, -0.05) is 25.1 Å². The molecule has 0 aliphatic rings. The number of aryl methyl sites for hydroxylation is 1. The van der Waals surface area contributed by atoms with Gasteiger partial charge in [-0.05, 0) is 11.6 Å². The minimum Gasteiger partial charge on any atom is -0.350 e. The largest absolute Gasteiger partial charge is 0.350 e. The first kappa shape index (κ1) is 10.7. The van der Waals surface area contributed by atoms with Crippen LogP contribution in [0.4, 0.5) is 0 Å². The van der Waals surface area contributed by atoms with Crippen molar-refractivity contribution in [3.8, 4) is 0 Å². The molecule has 16 heavy (non-hydrogen) atoms. The lowest BCUT2D eigenvalue weighted by Gasteiger charge is -2.04. The van der Waals surface area contributed by atoms with Gasteiger partial charge in [-0.15, -0.1) is 0 Å². The maximum absolute atomic E-state index is 10.5. The number of benzene rings is 1. The van der Waals surface area contributed by atoms with Crippen LogP contribution >= 0.6 is 0 Å². The van der Waals surface area contributed by atoms with Crippen LogP contribution < -0.4 is 0 Å². The van der Waals surface area contributed by atoms with Crippen molar-refractivity contribution in [2.45, 2.75) is 12.8 Å². The summed E-state index contributed by atoms with van der Waals surface area (Å²) in [5.41, 5.74) is 2.17. The Morgan fingerprint density at radius 1 is 1.44 bits per heavy atom. The average molecular weight is 218 g/mol. The van der Waals surface area contributed by atoms with E-state index in [1.807, 2.05) is 49.0 Å². The van der Waals surface area contributed by atoms with Gasteiger partial charge < -0.3 is 4.57 Å². The van der Waals surface area contributed by atoms with Gasteiger partial charge in [0.2, 0.25) is 6.54 Å². The summed E-state index contributed by atoms with van der Waals surface area (Å²) in [5.74, 6) is -0.0545. The summed E-state index contributed by atoms with van der Waals surface area (Å²) in [6.45, 7) is 1.87. The first-order valence-electron chi connectivity index (χ1n) is 5.25. The van der Waals surface area contributed by atoms with Crippen molar-refractivity contribution >= 4 is 10.9 Å². The van der Waals surface area contributed by atoms with E-state index in [2.05, 4.69) is 0 Å². The molecule has 0 saturated carbocycles. The molecule has 1 atom stereocenters. The van der Waals surface area contributed by atoms with Crippen molar-refractivity contribution in [1.29, 1.82) is 0 Å². The highest BCUT2D eigenvalue weighted by atomic mass is 16.6. The van der Waals surface area contributed by atoms with E-state index < -0.39 is 0 Å². The lowest BCUT2D eigenvalue weighted by Crippen LogP contribution is -2.08. The number of nitrogens with zero attached hydrogens (tertiary/aromatic N) is 2. The van der Waals surface area contributed by atoms with Gasteiger partial charge >= 0.3 is 0 Å². The second-order valence-electron chi connectivity index (χ2n) is 4.13. The molecule has 1 heterocycles. The molecule has 4 heteroatoms.